The number of hydrogen-bond donors (Lipinski definition) is 1. The Bertz CT molecular complexity index is 702. The van der Waals surface area contributed by atoms with Crippen molar-refractivity contribution in [3.8, 4) is 11.8 Å². The molecular formula is C16H14N2O3. The maximum Gasteiger partial charge on any atom is 0.335 e. The highest BCUT2D eigenvalue weighted by Gasteiger charge is 2.11. The van der Waals surface area contributed by atoms with E-state index >= 15 is 0 Å². The third kappa shape index (κ3) is 2.95. The Morgan fingerprint density at radius 1 is 1.24 bits per heavy atom. The van der Waals surface area contributed by atoms with Crippen LogP contribution in [0, 0.1) is 11.3 Å². The zero-order valence-electron chi connectivity index (χ0n) is 11.7. The Morgan fingerprint density at radius 3 is 2.43 bits per heavy atom. The Kier molecular flexibility index (Phi) is 4.10. The van der Waals surface area contributed by atoms with Gasteiger partial charge in [-0.3, -0.25) is 0 Å². The fraction of sp³-hybridized carbons (Fsp3) is 0.125. The summed E-state index contributed by atoms with van der Waals surface area (Å²) in [5.74, 6) is -0.318. The van der Waals surface area contributed by atoms with E-state index in [0.29, 0.717) is 17.0 Å². The lowest BCUT2D eigenvalue weighted by Crippen LogP contribution is -2.11. The van der Waals surface area contributed by atoms with Gasteiger partial charge < -0.3 is 14.7 Å². The topological polar surface area (TPSA) is 73.6 Å². The molecule has 0 aliphatic carbocycles. The van der Waals surface area contributed by atoms with E-state index in [1.807, 2.05) is 11.9 Å². The summed E-state index contributed by atoms with van der Waals surface area (Å²) in [6.07, 6.45) is 0. The normalized spacial score (nSPS) is 9.76. The molecule has 2 aromatic rings. The van der Waals surface area contributed by atoms with E-state index in [2.05, 4.69) is 6.07 Å². The molecule has 106 valence electrons. The molecule has 0 unspecified atom stereocenters. The Balaban J connectivity index is 2.41. The standard InChI is InChI=1S/C16H14N2O3/c1-18(13-6-3-11(4-7-13)16(19)20)15-9-14(21-2)8-5-12(15)10-17/h3-9H,1-2H3,(H,19,20). The number of hydrogen-bond acceptors (Lipinski definition) is 4. The zero-order chi connectivity index (χ0) is 15.4. The highest BCUT2D eigenvalue weighted by atomic mass is 16.5. The van der Waals surface area contributed by atoms with Crippen molar-refractivity contribution in [3.05, 3.63) is 53.6 Å². The van der Waals surface area contributed by atoms with Crippen LogP contribution in [0.25, 0.3) is 0 Å². The molecule has 21 heavy (non-hydrogen) atoms. The van der Waals surface area contributed by atoms with Crippen molar-refractivity contribution in [2.24, 2.45) is 0 Å². The molecule has 2 rings (SSSR count). The maximum atomic E-state index is 10.9. The molecule has 0 saturated carbocycles. The monoisotopic (exact) mass is 282 g/mol. The number of aromatic carboxylic acids is 1. The van der Waals surface area contributed by atoms with Gasteiger partial charge in [0.05, 0.1) is 23.9 Å². The van der Waals surface area contributed by atoms with E-state index in [1.54, 1.807) is 37.4 Å². The Morgan fingerprint density at radius 2 is 1.90 bits per heavy atom. The lowest BCUT2D eigenvalue weighted by Gasteiger charge is -2.21. The number of nitriles is 1. The minimum atomic E-state index is -0.969. The molecule has 0 aromatic heterocycles. The summed E-state index contributed by atoms with van der Waals surface area (Å²) in [5.41, 5.74) is 2.21. The van der Waals surface area contributed by atoms with Crippen molar-refractivity contribution in [2.75, 3.05) is 19.1 Å². The predicted molar refractivity (Wildman–Crippen MR) is 79.2 cm³/mol. The molecule has 0 aliphatic rings. The van der Waals surface area contributed by atoms with Crippen molar-refractivity contribution in [3.63, 3.8) is 0 Å². The molecule has 0 fully saturated rings. The maximum absolute atomic E-state index is 10.9. The van der Waals surface area contributed by atoms with Gasteiger partial charge in [-0.15, -0.1) is 0 Å². The van der Waals surface area contributed by atoms with Crippen molar-refractivity contribution < 1.29 is 14.6 Å². The fourth-order valence-corrected chi connectivity index (χ4v) is 1.98. The van der Waals surface area contributed by atoms with Gasteiger partial charge in [0.1, 0.15) is 11.8 Å². The van der Waals surface area contributed by atoms with Crippen LogP contribution in [0.4, 0.5) is 11.4 Å². The smallest absolute Gasteiger partial charge is 0.335 e. The quantitative estimate of drug-likeness (QED) is 0.933. The first-order valence-electron chi connectivity index (χ1n) is 6.22. The SMILES string of the molecule is COc1ccc(C#N)c(N(C)c2ccc(C(=O)O)cc2)c1. The van der Waals surface area contributed by atoms with Crippen LogP contribution in [-0.4, -0.2) is 25.2 Å². The lowest BCUT2D eigenvalue weighted by atomic mass is 10.1. The van der Waals surface area contributed by atoms with Crippen LogP contribution in [0.3, 0.4) is 0 Å². The van der Waals surface area contributed by atoms with Gasteiger partial charge in [-0.25, -0.2) is 4.79 Å². The van der Waals surface area contributed by atoms with Crippen LogP contribution < -0.4 is 9.64 Å². The molecule has 0 bridgehead atoms. The second-order valence-electron chi connectivity index (χ2n) is 4.41. The van der Waals surface area contributed by atoms with Crippen LogP contribution in [0.15, 0.2) is 42.5 Å². The molecule has 1 N–H and O–H groups in total. The second-order valence-corrected chi connectivity index (χ2v) is 4.41. The molecule has 0 atom stereocenters. The minimum absolute atomic E-state index is 0.221. The molecule has 0 aliphatic heterocycles. The average molecular weight is 282 g/mol. The van der Waals surface area contributed by atoms with Crippen LogP contribution in [0.5, 0.6) is 5.75 Å². The number of anilines is 2. The van der Waals surface area contributed by atoms with Gasteiger partial charge >= 0.3 is 5.97 Å². The van der Waals surface area contributed by atoms with Gasteiger partial charge in [0.25, 0.3) is 0 Å². The molecule has 5 heteroatoms. The molecule has 0 saturated heterocycles. The molecule has 0 amide bonds. The van der Waals surface area contributed by atoms with Crippen molar-refractivity contribution in [2.45, 2.75) is 0 Å². The van der Waals surface area contributed by atoms with E-state index < -0.39 is 5.97 Å². The van der Waals surface area contributed by atoms with E-state index in [9.17, 15) is 10.1 Å². The summed E-state index contributed by atoms with van der Waals surface area (Å²) in [6.45, 7) is 0. The van der Waals surface area contributed by atoms with Gasteiger partial charge in [0, 0.05) is 18.8 Å². The summed E-state index contributed by atoms with van der Waals surface area (Å²) < 4.78 is 5.18. The highest BCUT2D eigenvalue weighted by molar-refractivity contribution is 5.88. The summed E-state index contributed by atoms with van der Waals surface area (Å²) in [4.78, 5) is 12.7. The second kappa shape index (κ2) is 5.97. The molecule has 2 aromatic carbocycles. The number of carboxylic acid groups (broad SMARTS) is 1. The van der Waals surface area contributed by atoms with Gasteiger partial charge in [0.2, 0.25) is 0 Å². The largest absolute Gasteiger partial charge is 0.497 e. The van der Waals surface area contributed by atoms with Crippen LogP contribution in [0.2, 0.25) is 0 Å². The molecule has 5 nitrogen and oxygen atoms in total. The van der Waals surface area contributed by atoms with E-state index in [4.69, 9.17) is 9.84 Å². The van der Waals surface area contributed by atoms with Crippen LogP contribution >= 0.6 is 0 Å². The summed E-state index contributed by atoms with van der Waals surface area (Å²) >= 11 is 0. The minimum Gasteiger partial charge on any atom is -0.497 e. The first-order chi connectivity index (χ1) is 10.1. The highest BCUT2D eigenvalue weighted by Crippen LogP contribution is 2.30. The fourth-order valence-electron chi connectivity index (χ4n) is 1.98. The van der Waals surface area contributed by atoms with Crippen LogP contribution in [0.1, 0.15) is 15.9 Å². The number of nitrogens with zero attached hydrogens (tertiary/aromatic N) is 2. The number of carbonyl (C=O) groups is 1. The third-order valence-electron chi connectivity index (χ3n) is 3.19. The molecule has 0 spiro atoms. The summed E-state index contributed by atoms with van der Waals surface area (Å²) in [6, 6.07) is 13.8. The first kappa shape index (κ1) is 14.4. The zero-order valence-corrected chi connectivity index (χ0v) is 11.7. The number of carboxylic acids is 1. The number of methoxy groups -OCH3 is 1. The van der Waals surface area contributed by atoms with Crippen molar-refractivity contribution in [1.29, 1.82) is 5.26 Å². The number of ether oxygens (including phenoxy) is 1. The molecule has 0 radical (unpaired) electrons. The van der Waals surface area contributed by atoms with Crippen molar-refractivity contribution >= 4 is 17.3 Å². The van der Waals surface area contributed by atoms with Crippen LogP contribution in [-0.2, 0) is 0 Å². The predicted octanol–water partition coefficient (Wildman–Crippen LogP) is 3.03. The Hall–Kier alpha value is -3.00. The van der Waals surface area contributed by atoms with Gasteiger partial charge in [-0.2, -0.15) is 5.26 Å². The molecule has 0 heterocycles. The number of rotatable bonds is 4. The average Bonchev–Trinajstić information content (AvgIpc) is 2.53. The third-order valence-corrected chi connectivity index (χ3v) is 3.19. The number of benzene rings is 2. The van der Waals surface area contributed by atoms with E-state index in [-0.39, 0.29) is 5.56 Å². The first-order valence-corrected chi connectivity index (χ1v) is 6.22. The van der Waals surface area contributed by atoms with Gasteiger partial charge in [-0.05, 0) is 36.4 Å². The van der Waals surface area contributed by atoms with Crippen molar-refractivity contribution in [1.82, 2.24) is 0 Å². The van der Waals surface area contributed by atoms with Gasteiger partial charge in [0.15, 0.2) is 0 Å². The lowest BCUT2D eigenvalue weighted by molar-refractivity contribution is 0.0697. The van der Waals surface area contributed by atoms with Gasteiger partial charge in [-0.1, -0.05) is 0 Å². The van der Waals surface area contributed by atoms with E-state index in [1.165, 1.54) is 12.1 Å². The molecular weight excluding hydrogens is 268 g/mol. The summed E-state index contributed by atoms with van der Waals surface area (Å²) in [5, 5.41) is 18.1. The summed E-state index contributed by atoms with van der Waals surface area (Å²) in [7, 11) is 3.37. The Labute approximate surface area is 122 Å². The van der Waals surface area contributed by atoms with E-state index in [0.717, 1.165) is 5.69 Å².